The van der Waals surface area contributed by atoms with Crippen molar-refractivity contribution >= 4 is 29.0 Å². The van der Waals surface area contributed by atoms with Crippen LogP contribution in [0.25, 0.3) is 0 Å². The Balaban J connectivity index is 1.31. The van der Waals surface area contributed by atoms with E-state index in [2.05, 4.69) is 10.2 Å². The number of carbonyl (C=O) groups is 2. The van der Waals surface area contributed by atoms with Gasteiger partial charge < -0.3 is 20.7 Å². The summed E-state index contributed by atoms with van der Waals surface area (Å²) in [5.41, 5.74) is 6.73. The summed E-state index contributed by atoms with van der Waals surface area (Å²) in [5, 5.41) is 3.30. The maximum atomic E-state index is 13.3. The summed E-state index contributed by atoms with van der Waals surface area (Å²) in [5.74, 6) is -1.53. The van der Waals surface area contributed by atoms with Crippen LogP contribution < -0.4 is 15.8 Å². The Morgan fingerprint density at radius 1 is 1.11 bits per heavy atom. The number of unbranched alkanes of at least 4 members (excludes halogenated alkanes) is 2. The number of halogens is 3. The zero-order valence-electron chi connectivity index (χ0n) is 19.9. The van der Waals surface area contributed by atoms with E-state index in [9.17, 15) is 18.4 Å². The number of hydrogen-bond donors (Lipinski definition) is 2. The van der Waals surface area contributed by atoms with Gasteiger partial charge in [-0.05, 0) is 75.5 Å². The molecule has 1 aliphatic heterocycles. The fraction of sp³-hybridized carbons (Fsp3) is 0.462. The van der Waals surface area contributed by atoms with E-state index in [1.54, 1.807) is 6.07 Å². The first-order valence-corrected chi connectivity index (χ1v) is 12.3. The van der Waals surface area contributed by atoms with Crippen molar-refractivity contribution in [1.82, 2.24) is 10.2 Å². The highest BCUT2D eigenvalue weighted by Gasteiger charge is 2.21. The van der Waals surface area contributed by atoms with Gasteiger partial charge in [-0.15, -0.1) is 0 Å². The Kier molecular flexibility index (Phi) is 9.86. The molecule has 0 bridgehead atoms. The van der Waals surface area contributed by atoms with E-state index in [-0.39, 0.29) is 17.3 Å². The summed E-state index contributed by atoms with van der Waals surface area (Å²) in [6.07, 6.45) is 4.92. The minimum absolute atomic E-state index is 0.161. The third kappa shape index (κ3) is 7.64. The molecule has 0 atom stereocenters. The van der Waals surface area contributed by atoms with Gasteiger partial charge in [0.1, 0.15) is 5.75 Å². The lowest BCUT2D eigenvalue weighted by atomic mass is 9.96. The number of benzene rings is 2. The maximum absolute atomic E-state index is 13.3. The van der Waals surface area contributed by atoms with Crippen LogP contribution in [0.4, 0.5) is 14.5 Å². The van der Waals surface area contributed by atoms with E-state index in [1.807, 2.05) is 0 Å². The molecule has 9 heteroatoms. The molecule has 3 N–H and O–H groups in total. The number of rotatable bonds is 11. The SMILES string of the molecule is COc1cc(N)c(Cl)cc1C(=O)NCC1CCN(CCCCCC(=O)c2ccc(F)c(F)c2)CC1. The predicted molar refractivity (Wildman–Crippen MR) is 133 cm³/mol. The molecule has 35 heavy (non-hydrogen) atoms. The predicted octanol–water partition coefficient (Wildman–Crippen LogP) is 5.09. The first-order chi connectivity index (χ1) is 16.8. The van der Waals surface area contributed by atoms with E-state index in [4.69, 9.17) is 22.1 Å². The number of ether oxygens (including phenoxy) is 1. The number of hydrogen-bond acceptors (Lipinski definition) is 5. The highest BCUT2D eigenvalue weighted by molar-refractivity contribution is 6.33. The highest BCUT2D eigenvalue weighted by atomic mass is 35.5. The van der Waals surface area contributed by atoms with Crippen LogP contribution in [-0.2, 0) is 0 Å². The van der Waals surface area contributed by atoms with Crippen molar-refractivity contribution in [1.29, 1.82) is 0 Å². The van der Waals surface area contributed by atoms with Gasteiger partial charge in [-0.1, -0.05) is 18.0 Å². The van der Waals surface area contributed by atoms with Gasteiger partial charge in [0.2, 0.25) is 0 Å². The van der Waals surface area contributed by atoms with Gasteiger partial charge in [0.15, 0.2) is 17.4 Å². The molecule has 3 rings (SSSR count). The minimum Gasteiger partial charge on any atom is -0.496 e. The van der Waals surface area contributed by atoms with Crippen LogP contribution in [0.3, 0.4) is 0 Å². The molecule has 1 fully saturated rings. The summed E-state index contributed by atoms with van der Waals surface area (Å²) >= 11 is 6.06. The van der Waals surface area contributed by atoms with Gasteiger partial charge >= 0.3 is 0 Å². The van der Waals surface area contributed by atoms with Crippen molar-refractivity contribution in [3.05, 3.63) is 58.1 Å². The third-order valence-corrected chi connectivity index (χ3v) is 6.77. The first kappa shape index (κ1) is 26.9. The lowest BCUT2D eigenvalue weighted by molar-refractivity contribution is 0.0932. The molecule has 0 unspecified atom stereocenters. The number of carbonyl (C=O) groups excluding carboxylic acids is 2. The van der Waals surface area contributed by atoms with Crippen molar-refractivity contribution in [3.63, 3.8) is 0 Å². The van der Waals surface area contributed by atoms with E-state index < -0.39 is 11.6 Å². The number of anilines is 1. The zero-order valence-corrected chi connectivity index (χ0v) is 20.7. The molecule has 0 radical (unpaired) electrons. The van der Waals surface area contributed by atoms with Crippen molar-refractivity contribution in [2.24, 2.45) is 5.92 Å². The zero-order chi connectivity index (χ0) is 25.4. The number of nitrogen functional groups attached to an aromatic ring is 1. The smallest absolute Gasteiger partial charge is 0.255 e. The van der Waals surface area contributed by atoms with E-state index in [0.717, 1.165) is 63.9 Å². The number of methoxy groups -OCH3 is 1. The molecule has 0 spiro atoms. The summed E-state index contributed by atoms with van der Waals surface area (Å²) in [6, 6.07) is 6.36. The largest absolute Gasteiger partial charge is 0.496 e. The van der Waals surface area contributed by atoms with Gasteiger partial charge in [0.05, 0.1) is 23.4 Å². The van der Waals surface area contributed by atoms with E-state index in [0.29, 0.717) is 40.9 Å². The number of nitrogens with two attached hydrogens (primary N) is 1. The lowest BCUT2D eigenvalue weighted by Gasteiger charge is -2.32. The standard InChI is InChI=1S/C26H32ClF2N3O3/c1-35-25-15-23(30)20(27)14-19(25)26(34)31-16-17-8-11-32(12-9-17)10-4-2-3-5-24(33)18-6-7-21(28)22(29)13-18/h6-7,13-15,17H,2-5,8-12,16,30H2,1H3,(H,31,34). The number of nitrogens with one attached hydrogen (secondary N) is 1. The van der Waals surface area contributed by atoms with Crippen LogP contribution in [0.5, 0.6) is 5.75 Å². The number of ketones is 1. The third-order valence-electron chi connectivity index (χ3n) is 6.44. The number of amides is 1. The first-order valence-electron chi connectivity index (χ1n) is 11.9. The monoisotopic (exact) mass is 507 g/mol. The molecule has 1 aliphatic rings. The second-order valence-corrected chi connectivity index (χ2v) is 9.34. The second kappa shape index (κ2) is 12.8. The molecule has 1 amide bonds. The molecule has 1 heterocycles. The Bertz CT molecular complexity index is 1040. The molecule has 190 valence electrons. The topological polar surface area (TPSA) is 84.7 Å². The number of likely N-dealkylation sites (tertiary alicyclic amines) is 1. The number of piperidine rings is 1. The highest BCUT2D eigenvalue weighted by Crippen LogP contribution is 2.29. The van der Waals surface area contributed by atoms with Crippen LogP contribution in [0.15, 0.2) is 30.3 Å². The molecule has 6 nitrogen and oxygen atoms in total. The van der Waals surface area contributed by atoms with Crippen LogP contribution in [0.1, 0.15) is 59.2 Å². The van der Waals surface area contributed by atoms with Gasteiger partial charge in [0.25, 0.3) is 5.91 Å². The Morgan fingerprint density at radius 2 is 1.86 bits per heavy atom. The van der Waals surface area contributed by atoms with Gasteiger partial charge in [0, 0.05) is 24.6 Å². The Hall–Kier alpha value is -2.71. The molecule has 0 aromatic heterocycles. The van der Waals surface area contributed by atoms with Gasteiger partial charge in [-0.2, -0.15) is 0 Å². The quantitative estimate of drug-likeness (QED) is 0.251. The lowest BCUT2D eigenvalue weighted by Crippen LogP contribution is -2.39. The summed E-state index contributed by atoms with van der Waals surface area (Å²) in [4.78, 5) is 27.1. The molecule has 2 aromatic carbocycles. The summed E-state index contributed by atoms with van der Waals surface area (Å²) < 4.78 is 31.5. The Morgan fingerprint density at radius 3 is 2.54 bits per heavy atom. The fourth-order valence-corrected chi connectivity index (χ4v) is 4.44. The van der Waals surface area contributed by atoms with Gasteiger partial charge in [-0.25, -0.2) is 8.78 Å². The summed E-state index contributed by atoms with van der Waals surface area (Å²) in [6.45, 7) is 3.47. The molecule has 0 aliphatic carbocycles. The minimum atomic E-state index is -0.992. The average Bonchev–Trinajstić information content (AvgIpc) is 2.85. The molecular formula is C26H32ClF2N3O3. The van der Waals surface area contributed by atoms with E-state index in [1.165, 1.54) is 19.2 Å². The molecule has 1 saturated heterocycles. The molecular weight excluding hydrogens is 476 g/mol. The molecule has 0 saturated carbocycles. The van der Waals surface area contributed by atoms with Crippen molar-refractivity contribution < 1.29 is 23.1 Å². The molecule has 2 aromatic rings. The van der Waals surface area contributed by atoms with Crippen LogP contribution in [0.2, 0.25) is 5.02 Å². The van der Waals surface area contributed by atoms with Crippen molar-refractivity contribution in [2.75, 3.05) is 39.0 Å². The van der Waals surface area contributed by atoms with Crippen LogP contribution in [0, 0.1) is 17.6 Å². The van der Waals surface area contributed by atoms with E-state index >= 15 is 0 Å². The van der Waals surface area contributed by atoms with Crippen LogP contribution in [-0.4, -0.2) is 49.9 Å². The number of nitrogens with zero attached hydrogens (tertiary/aromatic N) is 1. The number of Topliss-reactive ketones (excluding diaryl/α,β-unsaturated/α-hetero) is 1. The van der Waals surface area contributed by atoms with Crippen molar-refractivity contribution in [3.8, 4) is 5.75 Å². The average molecular weight is 508 g/mol. The van der Waals surface area contributed by atoms with Crippen molar-refractivity contribution in [2.45, 2.75) is 38.5 Å². The van der Waals surface area contributed by atoms with Crippen LogP contribution >= 0.6 is 11.6 Å². The second-order valence-electron chi connectivity index (χ2n) is 8.93. The fourth-order valence-electron chi connectivity index (χ4n) is 4.27. The normalized spacial score (nSPS) is 14.6. The maximum Gasteiger partial charge on any atom is 0.255 e. The van der Waals surface area contributed by atoms with Gasteiger partial charge in [-0.3, -0.25) is 9.59 Å². The Labute approximate surface area is 209 Å². The summed E-state index contributed by atoms with van der Waals surface area (Å²) in [7, 11) is 1.49.